The molecule has 2 rings (SSSR count). The fourth-order valence-electron chi connectivity index (χ4n) is 2.36. The summed E-state index contributed by atoms with van der Waals surface area (Å²) in [4.78, 5) is 16.3. The minimum absolute atomic E-state index is 0.0285. The van der Waals surface area contributed by atoms with Crippen molar-refractivity contribution in [2.24, 2.45) is 0 Å². The summed E-state index contributed by atoms with van der Waals surface area (Å²) in [6, 6.07) is 7.61. The highest BCUT2D eigenvalue weighted by molar-refractivity contribution is 6.33. The van der Waals surface area contributed by atoms with E-state index in [2.05, 4.69) is 11.0 Å². The molecule has 1 aromatic rings. The van der Waals surface area contributed by atoms with Gasteiger partial charge in [0.25, 0.3) is 5.91 Å². The number of hydrogen-bond acceptors (Lipinski definition) is 3. The maximum atomic E-state index is 12.4. The van der Waals surface area contributed by atoms with Crippen molar-refractivity contribution in [1.29, 1.82) is 5.26 Å². The maximum absolute atomic E-state index is 12.4. The molecule has 1 heterocycles. The van der Waals surface area contributed by atoms with Gasteiger partial charge in [0.2, 0.25) is 0 Å². The monoisotopic (exact) mass is 291 g/mol. The van der Waals surface area contributed by atoms with Crippen molar-refractivity contribution >= 4 is 17.5 Å². The lowest BCUT2D eigenvalue weighted by molar-refractivity contribution is 0.0616. The average molecular weight is 292 g/mol. The standard InChI is InChI=1S/C15H18ClN3O/c1-11-3-4-13(14(16)9-11)15(20)19-7-5-18(6-8-19)12(2)10-17/h3-4,9,12H,5-8H2,1-2H3. The van der Waals surface area contributed by atoms with E-state index in [1.807, 2.05) is 26.0 Å². The lowest BCUT2D eigenvalue weighted by atomic mass is 10.1. The highest BCUT2D eigenvalue weighted by atomic mass is 35.5. The Hall–Kier alpha value is -1.57. The third-order valence-electron chi connectivity index (χ3n) is 3.69. The van der Waals surface area contributed by atoms with E-state index in [-0.39, 0.29) is 11.9 Å². The van der Waals surface area contributed by atoms with E-state index in [0.29, 0.717) is 23.7 Å². The molecule has 0 radical (unpaired) electrons. The Morgan fingerprint density at radius 2 is 2.00 bits per heavy atom. The fourth-order valence-corrected chi connectivity index (χ4v) is 2.67. The van der Waals surface area contributed by atoms with Crippen LogP contribution in [-0.2, 0) is 0 Å². The topological polar surface area (TPSA) is 47.3 Å². The third kappa shape index (κ3) is 3.12. The zero-order valence-electron chi connectivity index (χ0n) is 11.8. The van der Waals surface area contributed by atoms with Crippen LogP contribution < -0.4 is 0 Å². The van der Waals surface area contributed by atoms with Gasteiger partial charge in [0, 0.05) is 26.2 Å². The van der Waals surface area contributed by atoms with Crippen LogP contribution in [0.3, 0.4) is 0 Å². The predicted octanol–water partition coefficient (Wildman–Crippen LogP) is 2.32. The molecule has 4 nitrogen and oxygen atoms in total. The Morgan fingerprint density at radius 3 is 2.55 bits per heavy atom. The van der Waals surface area contributed by atoms with E-state index in [9.17, 15) is 4.79 Å². The number of aryl methyl sites for hydroxylation is 1. The summed E-state index contributed by atoms with van der Waals surface area (Å²) >= 11 is 6.14. The number of nitrogens with zero attached hydrogens (tertiary/aromatic N) is 3. The molecule has 5 heteroatoms. The van der Waals surface area contributed by atoms with Gasteiger partial charge < -0.3 is 4.90 Å². The molecule has 1 aliphatic rings. The molecule has 0 spiro atoms. The molecule has 0 aliphatic carbocycles. The van der Waals surface area contributed by atoms with E-state index in [1.165, 1.54) is 0 Å². The first-order valence-electron chi connectivity index (χ1n) is 6.72. The number of carbonyl (C=O) groups excluding carboxylic acids is 1. The first-order valence-corrected chi connectivity index (χ1v) is 7.10. The lowest BCUT2D eigenvalue weighted by Gasteiger charge is -2.36. The van der Waals surface area contributed by atoms with Gasteiger partial charge in [-0.05, 0) is 31.5 Å². The third-order valence-corrected chi connectivity index (χ3v) is 4.00. The van der Waals surface area contributed by atoms with Crippen molar-refractivity contribution in [1.82, 2.24) is 9.80 Å². The van der Waals surface area contributed by atoms with Crippen LogP contribution in [0.2, 0.25) is 5.02 Å². The number of nitriles is 1. The summed E-state index contributed by atoms with van der Waals surface area (Å²) in [6.45, 7) is 6.55. The van der Waals surface area contributed by atoms with Crippen molar-refractivity contribution in [2.45, 2.75) is 19.9 Å². The Morgan fingerprint density at radius 1 is 1.35 bits per heavy atom. The number of amides is 1. The van der Waals surface area contributed by atoms with E-state index in [0.717, 1.165) is 18.7 Å². The van der Waals surface area contributed by atoms with E-state index < -0.39 is 0 Å². The van der Waals surface area contributed by atoms with Crippen molar-refractivity contribution in [3.63, 3.8) is 0 Å². The molecule has 1 amide bonds. The van der Waals surface area contributed by atoms with E-state index >= 15 is 0 Å². The summed E-state index contributed by atoms with van der Waals surface area (Å²) in [7, 11) is 0. The molecule has 0 aromatic heterocycles. The highest BCUT2D eigenvalue weighted by Gasteiger charge is 2.25. The van der Waals surface area contributed by atoms with Gasteiger partial charge in [0.1, 0.15) is 0 Å². The van der Waals surface area contributed by atoms with Crippen LogP contribution in [0.4, 0.5) is 0 Å². The Bertz CT molecular complexity index is 545. The summed E-state index contributed by atoms with van der Waals surface area (Å²) in [5, 5.41) is 9.42. The lowest BCUT2D eigenvalue weighted by Crippen LogP contribution is -2.51. The number of hydrogen-bond donors (Lipinski definition) is 0. The van der Waals surface area contributed by atoms with Gasteiger partial charge >= 0.3 is 0 Å². The smallest absolute Gasteiger partial charge is 0.255 e. The fraction of sp³-hybridized carbons (Fsp3) is 0.467. The Kier molecular flexibility index (Phi) is 4.64. The van der Waals surface area contributed by atoms with Gasteiger partial charge in [-0.1, -0.05) is 17.7 Å². The average Bonchev–Trinajstić information content (AvgIpc) is 2.46. The second kappa shape index (κ2) is 6.25. The van der Waals surface area contributed by atoms with Gasteiger partial charge in [-0.2, -0.15) is 5.26 Å². The Balaban J connectivity index is 2.04. The summed E-state index contributed by atoms with van der Waals surface area (Å²) < 4.78 is 0. The van der Waals surface area contributed by atoms with Crippen LogP contribution in [0.5, 0.6) is 0 Å². The quantitative estimate of drug-likeness (QED) is 0.840. The first-order chi connectivity index (χ1) is 9.52. The van der Waals surface area contributed by atoms with Crippen molar-refractivity contribution in [2.75, 3.05) is 26.2 Å². The molecule has 0 N–H and O–H groups in total. The SMILES string of the molecule is Cc1ccc(C(=O)N2CCN(C(C)C#N)CC2)c(Cl)c1. The first kappa shape index (κ1) is 14.8. The van der Waals surface area contributed by atoms with Gasteiger partial charge in [-0.3, -0.25) is 9.69 Å². The molecule has 1 atom stereocenters. The van der Waals surface area contributed by atoms with Crippen LogP contribution in [0.15, 0.2) is 18.2 Å². The molecule has 0 bridgehead atoms. The van der Waals surface area contributed by atoms with Crippen molar-refractivity contribution < 1.29 is 4.79 Å². The molecular formula is C15H18ClN3O. The second-order valence-corrected chi connectivity index (χ2v) is 5.52. The normalized spacial score (nSPS) is 17.6. The van der Waals surface area contributed by atoms with E-state index in [1.54, 1.807) is 11.0 Å². The van der Waals surface area contributed by atoms with Crippen LogP contribution in [0.1, 0.15) is 22.8 Å². The molecule has 1 fully saturated rings. The van der Waals surface area contributed by atoms with Gasteiger partial charge in [-0.25, -0.2) is 0 Å². The number of rotatable bonds is 2. The number of benzene rings is 1. The van der Waals surface area contributed by atoms with Crippen LogP contribution >= 0.6 is 11.6 Å². The Labute approximate surface area is 124 Å². The van der Waals surface area contributed by atoms with Crippen LogP contribution in [0, 0.1) is 18.3 Å². The minimum atomic E-state index is -0.102. The molecule has 1 aliphatic heterocycles. The molecule has 0 saturated carbocycles. The zero-order chi connectivity index (χ0) is 14.7. The van der Waals surface area contributed by atoms with Crippen LogP contribution in [0.25, 0.3) is 0 Å². The molecule has 1 saturated heterocycles. The number of piperazine rings is 1. The molecule has 106 valence electrons. The summed E-state index contributed by atoms with van der Waals surface area (Å²) in [5.74, 6) is -0.0285. The second-order valence-electron chi connectivity index (χ2n) is 5.12. The zero-order valence-corrected chi connectivity index (χ0v) is 12.5. The maximum Gasteiger partial charge on any atom is 0.255 e. The van der Waals surface area contributed by atoms with Crippen molar-refractivity contribution in [3.8, 4) is 6.07 Å². The van der Waals surface area contributed by atoms with Crippen molar-refractivity contribution in [3.05, 3.63) is 34.3 Å². The number of halogens is 1. The molecule has 20 heavy (non-hydrogen) atoms. The molecule has 1 aromatic carbocycles. The predicted molar refractivity (Wildman–Crippen MR) is 78.7 cm³/mol. The number of carbonyl (C=O) groups is 1. The van der Waals surface area contributed by atoms with Gasteiger partial charge in [0.05, 0.1) is 22.7 Å². The van der Waals surface area contributed by atoms with Gasteiger partial charge in [0.15, 0.2) is 0 Å². The molecule has 1 unspecified atom stereocenters. The van der Waals surface area contributed by atoms with E-state index in [4.69, 9.17) is 16.9 Å². The summed E-state index contributed by atoms with van der Waals surface area (Å²) in [5.41, 5.74) is 1.60. The summed E-state index contributed by atoms with van der Waals surface area (Å²) in [6.07, 6.45) is 0. The largest absolute Gasteiger partial charge is 0.336 e. The highest BCUT2D eigenvalue weighted by Crippen LogP contribution is 2.20. The van der Waals surface area contributed by atoms with Crippen LogP contribution in [-0.4, -0.2) is 47.9 Å². The van der Waals surface area contributed by atoms with Gasteiger partial charge in [-0.15, -0.1) is 0 Å². The minimum Gasteiger partial charge on any atom is -0.336 e. The molecular weight excluding hydrogens is 274 g/mol.